The van der Waals surface area contributed by atoms with Gasteiger partial charge in [0, 0.05) is 0 Å². The minimum atomic E-state index is -0.357. The molecule has 0 saturated heterocycles. The Morgan fingerprint density at radius 2 is 2.11 bits per heavy atom. The first-order valence-corrected chi connectivity index (χ1v) is 2.56. The van der Waals surface area contributed by atoms with E-state index in [2.05, 4.69) is 4.74 Å². The molecule has 0 atom stereocenters. The molecule has 0 rings (SSSR count). The van der Waals surface area contributed by atoms with Crippen molar-refractivity contribution in [3.63, 3.8) is 0 Å². The topological polar surface area (TPSA) is 26.3 Å². The molecular weight excluding hydrogens is 174 g/mol. The van der Waals surface area contributed by atoms with Gasteiger partial charge in [-0.2, -0.15) is 0 Å². The van der Waals surface area contributed by atoms with Crippen LogP contribution in [0.1, 0.15) is 6.92 Å². The first-order valence-electron chi connectivity index (χ1n) is 2.02. The second-order valence-electron chi connectivity index (χ2n) is 0.939. The standard InChI is InChI=1S/C4H7ClO2.FH.K/c1-2-7-4(6)3-5;;/h2-3H2,1H3;1H;/q;;+1/p-1. The van der Waals surface area contributed by atoms with Gasteiger partial charge in [-0.1, -0.05) is 0 Å². The molecule has 0 spiro atoms. The van der Waals surface area contributed by atoms with Crippen LogP contribution in [0.5, 0.6) is 0 Å². The molecule has 0 aromatic carbocycles. The molecule has 5 heteroatoms. The molecule has 0 aliphatic heterocycles. The van der Waals surface area contributed by atoms with Crippen molar-refractivity contribution >= 4 is 17.6 Å². The quantitative estimate of drug-likeness (QED) is 0.241. The Hall–Kier alpha value is 1.33. The zero-order chi connectivity index (χ0) is 5.70. The minimum absolute atomic E-state index is 0. The summed E-state index contributed by atoms with van der Waals surface area (Å²) in [5, 5.41) is 0. The number of ether oxygens (including phenoxy) is 1. The molecule has 0 radical (unpaired) electrons. The molecule has 0 aliphatic carbocycles. The summed E-state index contributed by atoms with van der Waals surface area (Å²) in [5.41, 5.74) is 0. The first-order chi connectivity index (χ1) is 3.31. The van der Waals surface area contributed by atoms with Crippen LogP contribution in [-0.4, -0.2) is 18.5 Å². The molecule has 50 valence electrons. The van der Waals surface area contributed by atoms with Crippen molar-refractivity contribution in [2.24, 2.45) is 0 Å². The summed E-state index contributed by atoms with van der Waals surface area (Å²) in [4.78, 5) is 10.1. The van der Waals surface area contributed by atoms with E-state index in [4.69, 9.17) is 11.6 Å². The third-order valence-corrected chi connectivity index (χ3v) is 0.633. The molecule has 0 fully saturated rings. The fourth-order valence-electron chi connectivity index (χ4n) is 0.200. The van der Waals surface area contributed by atoms with Crippen LogP contribution in [0, 0.1) is 0 Å². The molecule has 0 aromatic rings. The molecule has 9 heavy (non-hydrogen) atoms. The molecule has 0 N–H and O–H groups in total. The van der Waals surface area contributed by atoms with E-state index in [0.717, 1.165) is 0 Å². The van der Waals surface area contributed by atoms with E-state index in [9.17, 15) is 4.79 Å². The molecule has 0 saturated carbocycles. The number of halogens is 2. The van der Waals surface area contributed by atoms with Crippen LogP contribution in [-0.2, 0) is 9.53 Å². The maximum absolute atomic E-state index is 10.1. The predicted octanol–water partition coefficient (Wildman–Crippen LogP) is -5.20. The fourth-order valence-corrected chi connectivity index (χ4v) is 0.277. The van der Waals surface area contributed by atoms with E-state index in [1.807, 2.05) is 0 Å². The molecule has 0 unspecified atom stereocenters. The largest absolute Gasteiger partial charge is 1.00 e. The average molecular weight is 181 g/mol. The van der Waals surface area contributed by atoms with E-state index in [-0.39, 0.29) is 67.9 Å². The summed E-state index contributed by atoms with van der Waals surface area (Å²) in [6.45, 7) is 2.15. The van der Waals surface area contributed by atoms with Gasteiger partial charge in [0.05, 0.1) is 6.61 Å². The summed E-state index contributed by atoms with van der Waals surface area (Å²) in [7, 11) is 0. The van der Waals surface area contributed by atoms with Gasteiger partial charge in [-0.3, -0.25) is 4.79 Å². The molecule has 0 aromatic heterocycles. The van der Waals surface area contributed by atoms with Gasteiger partial charge in [-0.15, -0.1) is 11.6 Å². The summed E-state index contributed by atoms with van der Waals surface area (Å²) >= 11 is 5.06. The van der Waals surface area contributed by atoms with Gasteiger partial charge < -0.3 is 9.44 Å². The van der Waals surface area contributed by atoms with Crippen molar-refractivity contribution < 1.29 is 65.6 Å². The summed E-state index contributed by atoms with van der Waals surface area (Å²) in [5.74, 6) is -0.405. The zero-order valence-electron chi connectivity index (χ0n) is 5.49. The van der Waals surface area contributed by atoms with Crippen molar-refractivity contribution in [3.8, 4) is 0 Å². The van der Waals surface area contributed by atoms with E-state index in [0.29, 0.717) is 6.61 Å². The average Bonchev–Trinajstić information content (AvgIpc) is 1.68. The smallest absolute Gasteiger partial charge is 1.00 e. The Balaban J connectivity index is -0.000000180. The Labute approximate surface area is 101 Å². The van der Waals surface area contributed by atoms with Gasteiger partial charge in [0.1, 0.15) is 5.88 Å². The van der Waals surface area contributed by atoms with Crippen molar-refractivity contribution in [2.45, 2.75) is 6.92 Å². The van der Waals surface area contributed by atoms with Crippen molar-refractivity contribution in [1.29, 1.82) is 0 Å². The molecule has 0 bridgehead atoms. The molecule has 0 amide bonds. The van der Waals surface area contributed by atoms with Gasteiger partial charge in [-0.05, 0) is 6.92 Å². The molecule has 2 nitrogen and oxygen atoms in total. The third kappa shape index (κ3) is 12.5. The number of carbonyl (C=O) groups excluding carboxylic acids is 1. The molecule has 0 aliphatic rings. The van der Waals surface area contributed by atoms with Crippen LogP contribution in [0.3, 0.4) is 0 Å². The van der Waals surface area contributed by atoms with Crippen LogP contribution >= 0.6 is 11.6 Å². The Morgan fingerprint density at radius 1 is 1.67 bits per heavy atom. The summed E-state index contributed by atoms with van der Waals surface area (Å²) < 4.78 is 4.42. The third-order valence-electron chi connectivity index (χ3n) is 0.414. The summed E-state index contributed by atoms with van der Waals surface area (Å²) in [6, 6.07) is 0. The Kier molecular flexibility index (Phi) is 22.4. The number of hydrogen-bond donors (Lipinski definition) is 0. The number of alkyl halides is 1. The van der Waals surface area contributed by atoms with Crippen molar-refractivity contribution in [3.05, 3.63) is 0 Å². The molecule has 0 heterocycles. The van der Waals surface area contributed by atoms with Crippen molar-refractivity contribution in [2.75, 3.05) is 12.5 Å². The van der Waals surface area contributed by atoms with Gasteiger partial charge >= 0.3 is 57.4 Å². The number of carbonyl (C=O) groups is 1. The van der Waals surface area contributed by atoms with Crippen LogP contribution in [0.15, 0.2) is 0 Å². The van der Waals surface area contributed by atoms with E-state index in [1.54, 1.807) is 6.92 Å². The van der Waals surface area contributed by atoms with E-state index in [1.165, 1.54) is 0 Å². The van der Waals surface area contributed by atoms with Crippen LogP contribution < -0.4 is 56.1 Å². The van der Waals surface area contributed by atoms with Gasteiger partial charge in [-0.25, -0.2) is 0 Å². The van der Waals surface area contributed by atoms with Crippen LogP contribution in [0.25, 0.3) is 0 Å². The summed E-state index contributed by atoms with van der Waals surface area (Å²) in [6.07, 6.45) is 0. The van der Waals surface area contributed by atoms with E-state index < -0.39 is 0 Å². The Morgan fingerprint density at radius 3 is 2.22 bits per heavy atom. The Bertz CT molecular complexity index is 71.6. The monoisotopic (exact) mass is 180 g/mol. The fraction of sp³-hybridized carbons (Fsp3) is 0.750. The second kappa shape index (κ2) is 12.0. The van der Waals surface area contributed by atoms with Crippen molar-refractivity contribution in [1.82, 2.24) is 0 Å². The van der Waals surface area contributed by atoms with Gasteiger partial charge in [0.25, 0.3) is 0 Å². The number of esters is 1. The maximum atomic E-state index is 10.1. The van der Waals surface area contributed by atoms with Gasteiger partial charge in [0.15, 0.2) is 0 Å². The van der Waals surface area contributed by atoms with Crippen LogP contribution in [0.4, 0.5) is 0 Å². The number of hydrogen-bond acceptors (Lipinski definition) is 2. The van der Waals surface area contributed by atoms with E-state index >= 15 is 0 Å². The SMILES string of the molecule is CCOC(=O)CCl.[F-].[K+]. The predicted molar refractivity (Wildman–Crippen MR) is 27.4 cm³/mol. The zero-order valence-corrected chi connectivity index (χ0v) is 9.37. The normalized spacial score (nSPS) is 6.44. The first kappa shape index (κ1) is 16.7. The maximum Gasteiger partial charge on any atom is 1.00 e. The second-order valence-corrected chi connectivity index (χ2v) is 1.21. The van der Waals surface area contributed by atoms with Crippen LogP contribution in [0.2, 0.25) is 0 Å². The van der Waals surface area contributed by atoms with Gasteiger partial charge in [0.2, 0.25) is 0 Å². The molecular formula is C4H7ClFKO2. The number of rotatable bonds is 2. The minimum Gasteiger partial charge on any atom is -1.00 e.